The van der Waals surface area contributed by atoms with Crippen LogP contribution in [0.15, 0.2) is 24.3 Å². The van der Waals surface area contributed by atoms with E-state index < -0.39 is 10.0 Å². The number of anilines is 1. The molecule has 0 atom stereocenters. The van der Waals surface area contributed by atoms with E-state index in [-0.39, 0.29) is 11.8 Å². The highest BCUT2D eigenvalue weighted by atomic mass is 32.2. The molecule has 0 bridgehead atoms. The molecular formula is C19H24N4O3S2. The van der Waals surface area contributed by atoms with Crippen molar-refractivity contribution in [1.29, 1.82) is 0 Å². The first-order valence-corrected chi connectivity index (χ1v) is 12.4. The molecule has 1 aromatic carbocycles. The third-order valence-corrected chi connectivity index (χ3v) is 7.70. The molecule has 0 spiro atoms. The van der Waals surface area contributed by atoms with Crippen molar-refractivity contribution in [1.82, 2.24) is 14.1 Å². The lowest BCUT2D eigenvalue weighted by molar-refractivity contribution is -0.120. The fraction of sp³-hybridized carbons (Fsp3) is 0.474. The maximum absolute atomic E-state index is 13.0. The number of carbonyl (C=O) groups is 1. The number of hydrogen-bond donors (Lipinski definition) is 1. The fourth-order valence-electron chi connectivity index (χ4n) is 3.79. The Bertz CT molecular complexity index is 1010. The number of carbonyl (C=O) groups excluding carboxylic acids is 1. The number of thioether (sulfide) groups is 1. The molecular weight excluding hydrogens is 396 g/mol. The van der Waals surface area contributed by atoms with E-state index in [0.717, 1.165) is 39.8 Å². The van der Waals surface area contributed by atoms with Gasteiger partial charge in [0.25, 0.3) is 0 Å². The highest BCUT2D eigenvalue weighted by molar-refractivity contribution is 7.98. The molecule has 28 heavy (non-hydrogen) atoms. The van der Waals surface area contributed by atoms with Gasteiger partial charge in [-0.1, -0.05) is 18.2 Å². The van der Waals surface area contributed by atoms with Crippen LogP contribution in [0.4, 0.5) is 5.82 Å². The van der Waals surface area contributed by atoms with Crippen LogP contribution in [0, 0.1) is 12.8 Å². The van der Waals surface area contributed by atoms with Gasteiger partial charge in [-0.2, -0.15) is 16.9 Å². The molecule has 2 aliphatic rings. The van der Waals surface area contributed by atoms with Crippen LogP contribution >= 0.6 is 11.8 Å². The first kappa shape index (κ1) is 19.5. The first-order chi connectivity index (χ1) is 13.3. The van der Waals surface area contributed by atoms with Crippen molar-refractivity contribution in [2.75, 3.05) is 24.7 Å². The molecule has 3 heterocycles. The molecule has 1 saturated heterocycles. The summed E-state index contributed by atoms with van der Waals surface area (Å²) in [4.78, 5) is 13.0. The molecule has 4 rings (SSSR count). The van der Waals surface area contributed by atoms with Crippen LogP contribution in [0.5, 0.6) is 0 Å². The van der Waals surface area contributed by atoms with Crippen LogP contribution < -0.4 is 5.32 Å². The zero-order valence-electron chi connectivity index (χ0n) is 16.0. The van der Waals surface area contributed by atoms with E-state index >= 15 is 0 Å². The van der Waals surface area contributed by atoms with Gasteiger partial charge in [0, 0.05) is 36.1 Å². The summed E-state index contributed by atoms with van der Waals surface area (Å²) in [6.45, 7) is 2.81. The largest absolute Gasteiger partial charge is 0.310 e. The summed E-state index contributed by atoms with van der Waals surface area (Å²) in [5.41, 5.74) is 4.17. The number of para-hydroxylation sites is 1. The van der Waals surface area contributed by atoms with Crippen molar-refractivity contribution in [2.24, 2.45) is 5.92 Å². The number of sulfonamides is 1. The Morgan fingerprint density at radius 2 is 1.93 bits per heavy atom. The number of benzene rings is 1. The lowest BCUT2D eigenvalue weighted by Gasteiger charge is -2.29. The van der Waals surface area contributed by atoms with Crippen LogP contribution in [0.25, 0.3) is 5.69 Å². The summed E-state index contributed by atoms with van der Waals surface area (Å²) >= 11 is 1.80. The number of amides is 1. The Kier molecular flexibility index (Phi) is 5.24. The highest BCUT2D eigenvalue weighted by Crippen LogP contribution is 2.37. The Labute approximate surface area is 169 Å². The predicted octanol–water partition coefficient (Wildman–Crippen LogP) is 2.54. The standard InChI is InChI=1S/C19H24N4O3S2/c1-13-5-3-4-6-17(13)23-18(15-11-27-12-16(15)21-23)20-19(24)14-7-9-22(10-8-14)28(2,25)26/h3-6,14H,7-12H2,1-2H3,(H,20,24). The molecule has 2 aliphatic heterocycles. The van der Waals surface area contributed by atoms with E-state index in [1.54, 1.807) is 11.8 Å². The monoisotopic (exact) mass is 420 g/mol. The third-order valence-electron chi connectivity index (χ3n) is 5.43. The summed E-state index contributed by atoms with van der Waals surface area (Å²) in [6.07, 6.45) is 2.29. The Balaban J connectivity index is 1.57. The van der Waals surface area contributed by atoms with Gasteiger partial charge in [0.15, 0.2) is 0 Å². The molecule has 7 nitrogen and oxygen atoms in total. The van der Waals surface area contributed by atoms with Crippen molar-refractivity contribution in [2.45, 2.75) is 31.3 Å². The summed E-state index contributed by atoms with van der Waals surface area (Å²) < 4.78 is 26.7. The summed E-state index contributed by atoms with van der Waals surface area (Å²) in [6, 6.07) is 7.99. The molecule has 1 aromatic heterocycles. The van der Waals surface area contributed by atoms with E-state index in [4.69, 9.17) is 5.10 Å². The predicted molar refractivity (Wildman–Crippen MR) is 111 cm³/mol. The van der Waals surface area contributed by atoms with Crippen molar-refractivity contribution in [3.63, 3.8) is 0 Å². The molecule has 0 radical (unpaired) electrons. The third kappa shape index (κ3) is 3.70. The number of fused-ring (bicyclic) bond motifs is 1. The Morgan fingerprint density at radius 3 is 2.61 bits per heavy atom. The van der Waals surface area contributed by atoms with Gasteiger partial charge in [0.1, 0.15) is 5.82 Å². The van der Waals surface area contributed by atoms with Gasteiger partial charge in [-0.3, -0.25) is 4.79 Å². The van der Waals surface area contributed by atoms with E-state index in [1.165, 1.54) is 10.6 Å². The number of nitrogens with one attached hydrogen (secondary N) is 1. The van der Waals surface area contributed by atoms with Gasteiger partial charge < -0.3 is 5.32 Å². The molecule has 0 saturated carbocycles. The molecule has 1 N–H and O–H groups in total. The van der Waals surface area contributed by atoms with E-state index in [1.807, 2.05) is 35.9 Å². The van der Waals surface area contributed by atoms with Gasteiger partial charge in [-0.05, 0) is 31.4 Å². The summed E-state index contributed by atoms with van der Waals surface area (Å²) in [7, 11) is -3.20. The maximum atomic E-state index is 13.0. The van der Waals surface area contributed by atoms with Gasteiger partial charge in [-0.25, -0.2) is 17.4 Å². The normalized spacial score (nSPS) is 18.2. The van der Waals surface area contributed by atoms with Crippen molar-refractivity contribution < 1.29 is 13.2 Å². The number of piperidine rings is 1. The second kappa shape index (κ2) is 7.53. The smallest absolute Gasteiger partial charge is 0.228 e. The van der Waals surface area contributed by atoms with Crippen LogP contribution in [0.1, 0.15) is 29.7 Å². The van der Waals surface area contributed by atoms with Crippen LogP contribution in [0.3, 0.4) is 0 Å². The molecule has 150 valence electrons. The fourth-order valence-corrected chi connectivity index (χ4v) is 5.69. The van der Waals surface area contributed by atoms with Crippen LogP contribution in [-0.2, 0) is 26.3 Å². The summed E-state index contributed by atoms with van der Waals surface area (Å²) in [5, 5.41) is 7.88. The number of aromatic nitrogens is 2. The van der Waals surface area contributed by atoms with Crippen molar-refractivity contribution in [3.05, 3.63) is 41.1 Å². The lowest BCUT2D eigenvalue weighted by Crippen LogP contribution is -2.41. The number of nitrogens with zero attached hydrogens (tertiary/aromatic N) is 3. The molecule has 2 aromatic rings. The average molecular weight is 421 g/mol. The SMILES string of the molecule is Cc1ccccc1-n1nc2c(c1NC(=O)C1CCN(S(C)(=O)=O)CC1)CSC2. The van der Waals surface area contributed by atoms with Gasteiger partial charge in [-0.15, -0.1) is 0 Å². The molecule has 1 fully saturated rings. The lowest BCUT2D eigenvalue weighted by atomic mass is 9.97. The van der Waals surface area contributed by atoms with Gasteiger partial charge in [0.05, 0.1) is 17.6 Å². The topological polar surface area (TPSA) is 84.3 Å². The zero-order chi connectivity index (χ0) is 19.9. The second-order valence-corrected chi connectivity index (χ2v) is 10.4. The van der Waals surface area contributed by atoms with E-state index in [9.17, 15) is 13.2 Å². The van der Waals surface area contributed by atoms with E-state index in [0.29, 0.717) is 25.9 Å². The Morgan fingerprint density at radius 1 is 1.21 bits per heavy atom. The van der Waals surface area contributed by atoms with Crippen LogP contribution in [0.2, 0.25) is 0 Å². The second-order valence-electron chi connectivity index (χ2n) is 7.39. The van der Waals surface area contributed by atoms with E-state index in [2.05, 4.69) is 5.32 Å². The van der Waals surface area contributed by atoms with Gasteiger partial charge in [0.2, 0.25) is 15.9 Å². The van der Waals surface area contributed by atoms with Crippen molar-refractivity contribution in [3.8, 4) is 5.69 Å². The number of aryl methyl sites for hydroxylation is 1. The first-order valence-electron chi connectivity index (χ1n) is 9.35. The molecule has 1 amide bonds. The highest BCUT2D eigenvalue weighted by Gasteiger charge is 2.31. The zero-order valence-corrected chi connectivity index (χ0v) is 17.6. The Hall–Kier alpha value is -1.84. The minimum Gasteiger partial charge on any atom is -0.310 e. The maximum Gasteiger partial charge on any atom is 0.228 e. The van der Waals surface area contributed by atoms with Gasteiger partial charge >= 0.3 is 0 Å². The number of hydrogen-bond acceptors (Lipinski definition) is 5. The molecule has 0 aliphatic carbocycles. The summed E-state index contributed by atoms with van der Waals surface area (Å²) in [5.74, 6) is 2.20. The van der Waals surface area contributed by atoms with Crippen molar-refractivity contribution >= 4 is 33.5 Å². The average Bonchev–Trinajstić information content (AvgIpc) is 3.24. The quantitative estimate of drug-likeness (QED) is 0.822. The minimum absolute atomic E-state index is 0.0532. The molecule has 9 heteroatoms. The number of rotatable bonds is 4. The molecule has 0 unspecified atom stereocenters. The van der Waals surface area contributed by atoms with Crippen LogP contribution in [-0.4, -0.2) is 47.8 Å². The minimum atomic E-state index is -3.20.